The number of rotatable bonds is 14. The lowest BCUT2D eigenvalue weighted by atomic mass is 9.86. The maximum atomic E-state index is 10.5. The van der Waals surface area contributed by atoms with Crippen molar-refractivity contribution in [3.05, 3.63) is 35.6 Å². The van der Waals surface area contributed by atoms with Crippen LogP contribution in [-0.4, -0.2) is 27.0 Å². The number of aliphatic hydroxyl groups excluding tert-OH is 2. The zero-order chi connectivity index (χ0) is 21.9. The number of allylic oxidation sites excluding steroid dienone is 3. The van der Waals surface area contributed by atoms with Crippen molar-refractivity contribution >= 4 is 0 Å². The first-order valence-electron chi connectivity index (χ1n) is 11.8. The average Bonchev–Trinajstić information content (AvgIpc) is 2.64. The SMILES string of the molecule is CC(=CCC1(O)C(O)=CC=CC1O)CCCC(C)CCCC(C)CCCC(C)C. The van der Waals surface area contributed by atoms with E-state index in [1.165, 1.54) is 62.7 Å². The number of hydrogen-bond donors (Lipinski definition) is 3. The molecule has 4 atom stereocenters. The molecular formula is C26H46O3. The van der Waals surface area contributed by atoms with Gasteiger partial charge in [0.2, 0.25) is 0 Å². The Labute approximate surface area is 179 Å². The van der Waals surface area contributed by atoms with Crippen LogP contribution in [0.5, 0.6) is 0 Å². The van der Waals surface area contributed by atoms with E-state index >= 15 is 0 Å². The van der Waals surface area contributed by atoms with Gasteiger partial charge >= 0.3 is 0 Å². The summed E-state index contributed by atoms with van der Waals surface area (Å²) in [6.45, 7) is 11.4. The Morgan fingerprint density at radius 2 is 1.55 bits per heavy atom. The Hall–Kier alpha value is -1.06. The average molecular weight is 407 g/mol. The van der Waals surface area contributed by atoms with Gasteiger partial charge in [0.05, 0.1) is 0 Å². The van der Waals surface area contributed by atoms with E-state index in [2.05, 4.69) is 34.6 Å². The summed E-state index contributed by atoms with van der Waals surface area (Å²) >= 11 is 0. The Bertz CT molecular complexity index is 546. The summed E-state index contributed by atoms with van der Waals surface area (Å²) in [4.78, 5) is 0. The molecule has 0 spiro atoms. The largest absolute Gasteiger partial charge is 0.509 e. The second-order valence-electron chi connectivity index (χ2n) is 9.92. The molecule has 1 aliphatic rings. The fraction of sp³-hybridized carbons (Fsp3) is 0.769. The Morgan fingerprint density at radius 3 is 2.10 bits per heavy atom. The number of aliphatic hydroxyl groups is 3. The molecule has 3 N–H and O–H groups in total. The molecule has 0 radical (unpaired) electrons. The summed E-state index contributed by atoms with van der Waals surface area (Å²) in [5, 5.41) is 30.4. The van der Waals surface area contributed by atoms with Gasteiger partial charge in [-0.15, -0.1) is 0 Å². The van der Waals surface area contributed by atoms with Gasteiger partial charge in [0, 0.05) is 6.42 Å². The second kappa shape index (κ2) is 13.3. The molecule has 1 aliphatic carbocycles. The van der Waals surface area contributed by atoms with Crippen LogP contribution in [0.1, 0.15) is 98.8 Å². The minimum Gasteiger partial charge on any atom is -0.509 e. The zero-order valence-corrected chi connectivity index (χ0v) is 19.5. The van der Waals surface area contributed by atoms with E-state index in [1.807, 2.05) is 6.08 Å². The summed E-state index contributed by atoms with van der Waals surface area (Å²) in [5.74, 6) is 2.28. The first-order chi connectivity index (χ1) is 13.6. The van der Waals surface area contributed by atoms with E-state index in [-0.39, 0.29) is 12.2 Å². The molecule has 0 aromatic heterocycles. The van der Waals surface area contributed by atoms with Crippen LogP contribution in [0.3, 0.4) is 0 Å². The van der Waals surface area contributed by atoms with Crippen molar-refractivity contribution in [3.63, 3.8) is 0 Å². The predicted octanol–water partition coefficient (Wildman–Crippen LogP) is 6.87. The molecule has 0 fully saturated rings. The highest BCUT2D eigenvalue weighted by atomic mass is 16.4. The van der Waals surface area contributed by atoms with Crippen molar-refractivity contribution in [3.8, 4) is 0 Å². The van der Waals surface area contributed by atoms with Gasteiger partial charge in [0.25, 0.3) is 0 Å². The standard InChI is InChI=1S/C26H46O3/c1-20(2)10-6-11-21(3)12-7-13-22(4)14-8-15-23(5)18-19-26(29)24(27)16-9-17-25(26)28/h9,16-18,20-22,24,27-29H,6-8,10-15,19H2,1-5H3. The maximum Gasteiger partial charge on any atom is 0.154 e. The highest BCUT2D eigenvalue weighted by molar-refractivity contribution is 5.28. The zero-order valence-electron chi connectivity index (χ0n) is 19.5. The Balaban J connectivity index is 2.20. The molecule has 168 valence electrons. The van der Waals surface area contributed by atoms with Crippen LogP contribution in [0.15, 0.2) is 35.6 Å². The van der Waals surface area contributed by atoms with Crippen LogP contribution >= 0.6 is 0 Å². The van der Waals surface area contributed by atoms with Crippen LogP contribution in [-0.2, 0) is 0 Å². The summed E-state index contributed by atoms with van der Waals surface area (Å²) in [6, 6.07) is 0. The lowest BCUT2D eigenvalue weighted by Crippen LogP contribution is -2.44. The van der Waals surface area contributed by atoms with Gasteiger partial charge in [-0.25, -0.2) is 0 Å². The van der Waals surface area contributed by atoms with Crippen LogP contribution in [0, 0.1) is 17.8 Å². The van der Waals surface area contributed by atoms with Crippen molar-refractivity contribution in [2.45, 2.75) is 111 Å². The van der Waals surface area contributed by atoms with Crippen LogP contribution in [0.4, 0.5) is 0 Å². The second-order valence-corrected chi connectivity index (χ2v) is 9.92. The third kappa shape index (κ3) is 10.00. The van der Waals surface area contributed by atoms with Crippen molar-refractivity contribution in [1.29, 1.82) is 0 Å². The topological polar surface area (TPSA) is 60.7 Å². The van der Waals surface area contributed by atoms with Crippen LogP contribution < -0.4 is 0 Å². The molecule has 0 bridgehead atoms. The summed E-state index contributed by atoms with van der Waals surface area (Å²) in [6.07, 6.45) is 17.1. The first-order valence-corrected chi connectivity index (χ1v) is 11.8. The predicted molar refractivity (Wildman–Crippen MR) is 124 cm³/mol. The van der Waals surface area contributed by atoms with E-state index in [9.17, 15) is 15.3 Å². The van der Waals surface area contributed by atoms with Gasteiger partial charge in [-0.2, -0.15) is 0 Å². The smallest absolute Gasteiger partial charge is 0.154 e. The number of hydrogen-bond acceptors (Lipinski definition) is 3. The molecule has 0 amide bonds. The Morgan fingerprint density at radius 1 is 1.00 bits per heavy atom. The van der Waals surface area contributed by atoms with E-state index in [4.69, 9.17) is 0 Å². The van der Waals surface area contributed by atoms with Crippen molar-refractivity contribution in [2.75, 3.05) is 0 Å². The molecule has 0 heterocycles. The molecule has 4 unspecified atom stereocenters. The van der Waals surface area contributed by atoms with Gasteiger partial charge in [-0.3, -0.25) is 0 Å². The lowest BCUT2D eigenvalue weighted by Gasteiger charge is -2.31. The molecular weight excluding hydrogens is 360 g/mol. The summed E-state index contributed by atoms with van der Waals surface area (Å²) < 4.78 is 0. The molecule has 0 saturated carbocycles. The maximum absolute atomic E-state index is 10.5. The normalized spacial score (nSPS) is 24.6. The molecule has 1 rings (SSSR count). The quantitative estimate of drug-likeness (QED) is 0.276. The van der Waals surface area contributed by atoms with E-state index < -0.39 is 11.7 Å². The fourth-order valence-electron chi connectivity index (χ4n) is 4.07. The highest BCUT2D eigenvalue weighted by Gasteiger charge is 2.38. The van der Waals surface area contributed by atoms with Crippen LogP contribution in [0.2, 0.25) is 0 Å². The van der Waals surface area contributed by atoms with E-state index in [0.717, 1.165) is 30.6 Å². The molecule has 29 heavy (non-hydrogen) atoms. The monoisotopic (exact) mass is 406 g/mol. The van der Waals surface area contributed by atoms with Gasteiger partial charge in [0.15, 0.2) is 5.60 Å². The molecule has 3 heteroatoms. The first kappa shape index (κ1) is 26.0. The molecule has 0 saturated heterocycles. The van der Waals surface area contributed by atoms with Gasteiger partial charge < -0.3 is 15.3 Å². The van der Waals surface area contributed by atoms with Gasteiger partial charge in [0.1, 0.15) is 11.9 Å². The molecule has 0 aliphatic heterocycles. The third-order valence-corrected chi connectivity index (χ3v) is 6.38. The third-order valence-electron chi connectivity index (χ3n) is 6.38. The fourth-order valence-corrected chi connectivity index (χ4v) is 4.07. The van der Waals surface area contributed by atoms with Crippen molar-refractivity contribution in [2.24, 2.45) is 17.8 Å². The lowest BCUT2D eigenvalue weighted by molar-refractivity contribution is -0.0493. The Kier molecular flexibility index (Phi) is 11.9. The van der Waals surface area contributed by atoms with Crippen molar-refractivity contribution < 1.29 is 15.3 Å². The van der Waals surface area contributed by atoms with E-state index in [1.54, 1.807) is 6.08 Å². The summed E-state index contributed by atoms with van der Waals surface area (Å²) in [7, 11) is 0. The van der Waals surface area contributed by atoms with Gasteiger partial charge in [-0.05, 0) is 43.6 Å². The minimum absolute atomic E-state index is 0.163. The highest BCUT2D eigenvalue weighted by Crippen LogP contribution is 2.29. The summed E-state index contributed by atoms with van der Waals surface area (Å²) in [5.41, 5.74) is -0.381. The molecule has 3 nitrogen and oxygen atoms in total. The molecule has 0 aromatic rings. The van der Waals surface area contributed by atoms with Crippen molar-refractivity contribution in [1.82, 2.24) is 0 Å². The van der Waals surface area contributed by atoms with Crippen LogP contribution in [0.25, 0.3) is 0 Å². The molecule has 0 aromatic carbocycles. The van der Waals surface area contributed by atoms with E-state index in [0.29, 0.717) is 0 Å². The van der Waals surface area contributed by atoms with Gasteiger partial charge in [-0.1, -0.05) is 96.4 Å². The minimum atomic E-state index is -1.59.